The maximum absolute atomic E-state index is 4.82. The lowest BCUT2D eigenvalue weighted by molar-refractivity contribution is 0.820. The van der Waals surface area contributed by atoms with Crippen molar-refractivity contribution in [3.05, 3.63) is 85.2 Å². The number of pyridine rings is 2. The molecule has 2 aliphatic carbocycles. The predicted octanol–water partition coefficient (Wildman–Crippen LogP) is 7.03. The highest BCUT2D eigenvalue weighted by molar-refractivity contribution is 6.11. The second-order valence-corrected chi connectivity index (χ2v) is 12.0. The molecule has 2 saturated carbocycles. The van der Waals surface area contributed by atoms with Gasteiger partial charge in [-0.2, -0.15) is 0 Å². The number of anilines is 2. The van der Waals surface area contributed by atoms with Crippen molar-refractivity contribution in [2.75, 3.05) is 36.0 Å². The number of nitrogens with zero attached hydrogens (tertiary/aromatic N) is 4. The van der Waals surface area contributed by atoms with E-state index in [9.17, 15) is 0 Å². The number of fused-ring (bicyclic) bond motifs is 5. The van der Waals surface area contributed by atoms with Gasteiger partial charge in [-0.3, -0.25) is 9.97 Å². The first-order valence-corrected chi connectivity index (χ1v) is 14.2. The van der Waals surface area contributed by atoms with Gasteiger partial charge in [-0.15, -0.1) is 0 Å². The summed E-state index contributed by atoms with van der Waals surface area (Å²) in [5.74, 6) is 3.77. The Morgan fingerprint density at radius 3 is 1.26 bits per heavy atom. The van der Waals surface area contributed by atoms with Crippen LogP contribution in [0.15, 0.2) is 85.2 Å². The summed E-state index contributed by atoms with van der Waals surface area (Å²) in [7, 11) is 0. The molecule has 4 nitrogen and oxygen atoms in total. The molecule has 4 atom stereocenters. The quantitative estimate of drug-likeness (QED) is 0.251. The molecule has 0 bridgehead atoms. The van der Waals surface area contributed by atoms with Crippen molar-refractivity contribution >= 4 is 33.2 Å². The van der Waals surface area contributed by atoms with Gasteiger partial charge in [0.2, 0.25) is 0 Å². The van der Waals surface area contributed by atoms with Crippen LogP contribution < -0.4 is 9.80 Å². The zero-order chi connectivity index (χ0) is 24.8. The van der Waals surface area contributed by atoms with Crippen LogP contribution in [0.3, 0.4) is 0 Å². The van der Waals surface area contributed by atoms with Crippen molar-refractivity contribution in [3.8, 4) is 22.3 Å². The first-order chi connectivity index (χ1) is 18.8. The van der Waals surface area contributed by atoms with Crippen LogP contribution in [0, 0.1) is 23.7 Å². The smallest absolute Gasteiger partial charge is 0.0970 e. The molecule has 4 heteroatoms. The molecule has 0 amide bonds. The first-order valence-electron chi connectivity index (χ1n) is 14.2. The summed E-state index contributed by atoms with van der Waals surface area (Å²) in [6.07, 6.45) is 6.74. The third-order valence-electron chi connectivity index (χ3n) is 9.67. The second-order valence-electron chi connectivity index (χ2n) is 12.0. The van der Waals surface area contributed by atoms with Crippen LogP contribution in [0.1, 0.15) is 12.8 Å². The molecule has 38 heavy (non-hydrogen) atoms. The van der Waals surface area contributed by atoms with E-state index >= 15 is 0 Å². The maximum Gasteiger partial charge on any atom is 0.0970 e. The molecule has 0 spiro atoms. The molecule has 2 aliphatic heterocycles. The predicted molar refractivity (Wildman–Crippen MR) is 156 cm³/mol. The number of rotatable bonds is 4. The van der Waals surface area contributed by atoms with Gasteiger partial charge in [0.05, 0.1) is 11.0 Å². The summed E-state index contributed by atoms with van der Waals surface area (Å²) in [5.41, 5.74) is 9.54. The van der Waals surface area contributed by atoms with E-state index in [2.05, 4.69) is 82.6 Å². The fraction of sp³-hybridized carbons (Fsp3) is 0.294. The fourth-order valence-corrected chi connectivity index (χ4v) is 7.25. The molecule has 3 aromatic carbocycles. The molecule has 2 aromatic heterocycles. The first kappa shape index (κ1) is 21.1. The Morgan fingerprint density at radius 1 is 0.474 bits per heavy atom. The van der Waals surface area contributed by atoms with Crippen LogP contribution in [0.25, 0.3) is 44.1 Å². The monoisotopic (exact) mass is 494 g/mol. The summed E-state index contributed by atoms with van der Waals surface area (Å²) in [4.78, 5) is 14.7. The van der Waals surface area contributed by atoms with Gasteiger partial charge < -0.3 is 9.80 Å². The van der Waals surface area contributed by atoms with E-state index in [0.717, 1.165) is 45.5 Å². The van der Waals surface area contributed by atoms with Crippen LogP contribution in [-0.4, -0.2) is 36.1 Å². The SMILES string of the molecule is c1cc(-c2ccc(N3CC4CC4C3)cc2)c2ccc3c(-c4ccc(N5CC6CC6C5)cc4)ccnc3c2n1. The topological polar surface area (TPSA) is 32.3 Å². The van der Waals surface area contributed by atoms with Crippen LogP contribution >= 0.6 is 0 Å². The molecule has 4 fully saturated rings. The molecule has 0 N–H and O–H groups in total. The Bertz CT molecular complexity index is 1560. The van der Waals surface area contributed by atoms with E-state index in [0.29, 0.717) is 0 Å². The highest BCUT2D eigenvalue weighted by Crippen LogP contribution is 2.47. The molecule has 9 rings (SSSR count). The van der Waals surface area contributed by atoms with Crippen molar-refractivity contribution in [2.24, 2.45) is 23.7 Å². The van der Waals surface area contributed by atoms with Crippen molar-refractivity contribution in [1.29, 1.82) is 0 Å². The Labute approximate surface area is 222 Å². The van der Waals surface area contributed by atoms with Crippen molar-refractivity contribution in [3.63, 3.8) is 0 Å². The number of hydrogen-bond donors (Lipinski definition) is 0. The summed E-state index contributed by atoms with van der Waals surface area (Å²) in [5, 5.41) is 2.31. The summed E-state index contributed by atoms with van der Waals surface area (Å²) in [6.45, 7) is 4.91. The van der Waals surface area contributed by atoms with E-state index < -0.39 is 0 Å². The zero-order valence-corrected chi connectivity index (χ0v) is 21.4. The van der Waals surface area contributed by atoms with Gasteiger partial charge in [0.1, 0.15) is 0 Å². The Kier molecular flexibility index (Phi) is 4.32. The van der Waals surface area contributed by atoms with Gasteiger partial charge >= 0.3 is 0 Å². The minimum atomic E-state index is 0.943. The van der Waals surface area contributed by atoms with Crippen LogP contribution in [0.2, 0.25) is 0 Å². The third kappa shape index (κ3) is 3.29. The van der Waals surface area contributed by atoms with Crippen molar-refractivity contribution in [1.82, 2.24) is 9.97 Å². The van der Waals surface area contributed by atoms with Gasteiger partial charge in [-0.05, 0) is 95.2 Å². The molecular weight excluding hydrogens is 464 g/mol. The van der Waals surface area contributed by atoms with Crippen LogP contribution in [0.5, 0.6) is 0 Å². The average molecular weight is 495 g/mol. The van der Waals surface area contributed by atoms with Gasteiger partial charge in [-0.25, -0.2) is 0 Å². The molecule has 186 valence electrons. The van der Waals surface area contributed by atoms with Gasteiger partial charge in [0, 0.05) is 60.7 Å². The Morgan fingerprint density at radius 2 is 0.868 bits per heavy atom. The standard InChI is InChI=1S/C34H30N4/c1-5-27(37-17-23-15-24(23)18-37)6-2-21(1)29-11-13-35-33-31(29)9-10-32-30(12-14-36-34(32)33)22-3-7-28(8-4-22)38-19-25-16-26(25)20-38/h1-14,23-26H,15-20H2. The normalized spacial score (nSPS) is 25.2. The molecule has 4 unspecified atom stereocenters. The van der Waals surface area contributed by atoms with Crippen LogP contribution in [0.4, 0.5) is 11.4 Å². The second kappa shape index (κ2) is 7.80. The molecular formula is C34H30N4. The number of piperidine rings is 2. The van der Waals surface area contributed by atoms with Crippen LogP contribution in [-0.2, 0) is 0 Å². The molecule has 4 aliphatic rings. The average Bonchev–Trinajstić information content (AvgIpc) is 3.82. The maximum atomic E-state index is 4.82. The number of benzene rings is 3. The molecule has 4 heterocycles. The summed E-state index contributed by atoms with van der Waals surface area (Å²) in [6, 6.07) is 27.0. The lowest BCUT2D eigenvalue weighted by atomic mass is 9.96. The molecule has 2 saturated heterocycles. The van der Waals surface area contributed by atoms with E-state index in [1.165, 1.54) is 72.6 Å². The number of hydrogen-bond acceptors (Lipinski definition) is 4. The number of aromatic nitrogens is 2. The summed E-state index contributed by atoms with van der Waals surface area (Å²) < 4.78 is 0. The molecule has 5 aromatic rings. The fourth-order valence-electron chi connectivity index (χ4n) is 7.25. The zero-order valence-electron chi connectivity index (χ0n) is 21.4. The van der Waals surface area contributed by atoms with Crippen molar-refractivity contribution < 1.29 is 0 Å². The summed E-state index contributed by atoms with van der Waals surface area (Å²) >= 11 is 0. The third-order valence-corrected chi connectivity index (χ3v) is 9.67. The van der Waals surface area contributed by atoms with E-state index in [4.69, 9.17) is 9.97 Å². The highest BCUT2D eigenvalue weighted by Gasteiger charge is 2.45. The minimum Gasteiger partial charge on any atom is -0.371 e. The van der Waals surface area contributed by atoms with Gasteiger partial charge in [-0.1, -0.05) is 36.4 Å². The van der Waals surface area contributed by atoms with E-state index in [-0.39, 0.29) is 0 Å². The lowest BCUT2D eigenvalue weighted by Crippen LogP contribution is -2.21. The minimum absolute atomic E-state index is 0.943. The van der Waals surface area contributed by atoms with Crippen molar-refractivity contribution in [2.45, 2.75) is 12.8 Å². The molecule has 0 radical (unpaired) electrons. The Hall–Kier alpha value is -3.92. The van der Waals surface area contributed by atoms with E-state index in [1.54, 1.807) is 0 Å². The van der Waals surface area contributed by atoms with Gasteiger partial charge in [0.25, 0.3) is 0 Å². The van der Waals surface area contributed by atoms with E-state index in [1.807, 2.05) is 12.4 Å². The Balaban J connectivity index is 1.07. The lowest BCUT2D eigenvalue weighted by Gasteiger charge is -2.20. The largest absolute Gasteiger partial charge is 0.371 e. The van der Waals surface area contributed by atoms with Gasteiger partial charge in [0.15, 0.2) is 0 Å². The highest BCUT2D eigenvalue weighted by atomic mass is 15.2.